The molecule has 1 aliphatic carbocycles. The van der Waals surface area contributed by atoms with E-state index >= 15 is 0 Å². The third kappa shape index (κ3) is 1.34. The van der Waals surface area contributed by atoms with Crippen LogP contribution in [-0.4, -0.2) is 48.3 Å². The Labute approximate surface area is 77.4 Å². The summed E-state index contributed by atoms with van der Waals surface area (Å²) in [5, 5.41) is 4.12. The number of rotatable bonds is 2. The minimum atomic E-state index is -0.259. The summed E-state index contributed by atoms with van der Waals surface area (Å²) in [7, 11) is 3.87. The van der Waals surface area contributed by atoms with E-state index in [0.29, 0.717) is 6.04 Å². The smallest absolute Gasteiger partial charge is 0.220 e. The molecule has 0 radical (unpaired) electrons. The summed E-state index contributed by atoms with van der Waals surface area (Å²) in [4.78, 5) is 14.7. The van der Waals surface area contributed by atoms with Gasteiger partial charge in [0.15, 0.2) is 12.5 Å². The first-order chi connectivity index (χ1) is 6.24. The van der Waals surface area contributed by atoms with Gasteiger partial charge in [-0.3, -0.25) is 10.2 Å². The lowest BCUT2D eigenvalue weighted by atomic mass is 10.4. The summed E-state index contributed by atoms with van der Waals surface area (Å²) in [6.45, 7) is 0. The van der Waals surface area contributed by atoms with Crippen molar-refractivity contribution in [2.45, 2.75) is 25.0 Å². The second-order valence-electron chi connectivity index (χ2n) is 3.65. The summed E-state index contributed by atoms with van der Waals surface area (Å²) in [6.07, 6.45) is 2.97. The van der Waals surface area contributed by atoms with E-state index in [1.54, 1.807) is 0 Å². The van der Waals surface area contributed by atoms with Crippen LogP contribution in [0.3, 0.4) is 0 Å². The molecule has 0 spiro atoms. The molecule has 2 aliphatic rings. The fourth-order valence-electron chi connectivity index (χ4n) is 1.54. The molecule has 0 aromatic rings. The number of hydrogen-bond acceptors (Lipinski definition) is 5. The molecule has 1 heterocycles. The zero-order valence-electron chi connectivity index (χ0n) is 7.90. The van der Waals surface area contributed by atoms with Gasteiger partial charge in [-0.05, 0) is 12.8 Å². The van der Waals surface area contributed by atoms with Crippen molar-refractivity contribution in [1.29, 1.82) is 0 Å². The van der Waals surface area contributed by atoms with Crippen LogP contribution in [0.4, 0.5) is 0 Å². The molecule has 0 saturated heterocycles. The van der Waals surface area contributed by atoms with E-state index in [0.717, 1.165) is 12.2 Å². The van der Waals surface area contributed by atoms with Crippen molar-refractivity contribution in [2.75, 3.05) is 14.1 Å². The van der Waals surface area contributed by atoms with Crippen LogP contribution in [0, 0.1) is 0 Å². The molecule has 1 unspecified atom stereocenters. The van der Waals surface area contributed by atoms with E-state index < -0.39 is 0 Å². The Balaban J connectivity index is 2.14. The first kappa shape index (κ1) is 8.34. The number of guanidine groups is 1. The minimum absolute atomic E-state index is 0.259. The topological polar surface area (TPSA) is 47.9 Å². The average molecular weight is 182 g/mol. The van der Waals surface area contributed by atoms with Crippen molar-refractivity contribution in [3.05, 3.63) is 0 Å². The van der Waals surface area contributed by atoms with Crippen LogP contribution in [-0.2, 0) is 4.79 Å². The molecule has 5 nitrogen and oxygen atoms in total. The van der Waals surface area contributed by atoms with E-state index in [1.807, 2.05) is 23.9 Å². The molecule has 2 rings (SSSR count). The zero-order valence-corrected chi connectivity index (χ0v) is 7.90. The van der Waals surface area contributed by atoms with Gasteiger partial charge < -0.3 is 9.80 Å². The van der Waals surface area contributed by atoms with Gasteiger partial charge in [-0.2, -0.15) is 0 Å². The lowest BCUT2D eigenvalue weighted by molar-refractivity contribution is -0.111. The fraction of sp³-hybridized carbons (Fsp3) is 0.750. The second-order valence-corrected chi connectivity index (χ2v) is 3.65. The van der Waals surface area contributed by atoms with Crippen molar-refractivity contribution in [1.82, 2.24) is 15.2 Å². The third-order valence-corrected chi connectivity index (χ3v) is 2.30. The van der Waals surface area contributed by atoms with Gasteiger partial charge in [-0.15, -0.1) is 5.10 Å². The number of nitrogens with one attached hydrogen (secondary N) is 1. The lowest BCUT2D eigenvalue weighted by Crippen LogP contribution is -2.46. The Hall–Kier alpha value is -1.26. The number of nitrogens with zero attached hydrogens (tertiary/aromatic N) is 3. The zero-order chi connectivity index (χ0) is 9.42. The number of carbonyl (C=O) groups excluding carboxylic acids is 1. The first-order valence-electron chi connectivity index (χ1n) is 4.48. The summed E-state index contributed by atoms with van der Waals surface area (Å²) in [5.41, 5.74) is 2.81. The van der Waals surface area contributed by atoms with Gasteiger partial charge >= 0.3 is 0 Å². The van der Waals surface area contributed by atoms with Crippen LogP contribution in [0.5, 0.6) is 0 Å². The van der Waals surface area contributed by atoms with E-state index in [2.05, 4.69) is 10.5 Å². The van der Waals surface area contributed by atoms with Crippen LogP contribution < -0.4 is 5.43 Å². The third-order valence-electron chi connectivity index (χ3n) is 2.30. The van der Waals surface area contributed by atoms with Crippen LogP contribution in [0.1, 0.15) is 12.8 Å². The van der Waals surface area contributed by atoms with E-state index in [-0.39, 0.29) is 6.17 Å². The minimum Gasteiger partial charge on any atom is -0.347 e. The largest absolute Gasteiger partial charge is 0.347 e. The Kier molecular flexibility index (Phi) is 1.86. The molecule has 5 heteroatoms. The number of hydrazone groups is 1. The summed E-state index contributed by atoms with van der Waals surface area (Å²) in [6, 6.07) is 0.506. The molecule has 72 valence electrons. The molecule has 0 bridgehead atoms. The molecule has 1 N–H and O–H groups in total. The maximum atomic E-state index is 10.7. The normalized spacial score (nSPS) is 26.8. The van der Waals surface area contributed by atoms with E-state index in [9.17, 15) is 4.79 Å². The quantitative estimate of drug-likeness (QED) is 0.580. The van der Waals surface area contributed by atoms with Crippen molar-refractivity contribution < 1.29 is 4.79 Å². The molecule has 1 saturated carbocycles. The summed E-state index contributed by atoms with van der Waals surface area (Å²) >= 11 is 0. The molecular formula is C8H14N4O. The SMILES string of the molecule is CN(C)C1=NNC(C=O)N1C1CC1. The number of hydrogen-bond donors (Lipinski definition) is 1. The van der Waals surface area contributed by atoms with Gasteiger partial charge in [-0.25, -0.2) is 0 Å². The lowest BCUT2D eigenvalue weighted by Gasteiger charge is -2.26. The molecule has 1 atom stereocenters. The molecule has 1 aliphatic heterocycles. The summed E-state index contributed by atoms with van der Waals surface area (Å²) in [5.74, 6) is 0.861. The first-order valence-corrected chi connectivity index (χ1v) is 4.48. The van der Waals surface area contributed by atoms with Gasteiger partial charge in [0.2, 0.25) is 5.96 Å². The van der Waals surface area contributed by atoms with Crippen molar-refractivity contribution in [3.8, 4) is 0 Å². The van der Waals surface area contributed by atoms with Gasteiger partial charge in [0.05, 0.1) is 0 Å². The maximum Gasteiger partial charge on any atom is 0.220 e. The highest BCUT2D eigenvalue weighted by Crippen LogP contribution is 2.29. The van der Waals surface area contributed by atoms with Crippen LogP contribution in [0.15, 0.2) is 5.10 Å². The van der Waals surface area contributed by atoms with Gasteiger partial charge in [0.25, 0.3) is 0 Å². The maximum absolute atomic E-state index is 10.7. The van der Waals surface area contributed by atoms with Gasteiger partial charge in [0.1, 0.15) is 0 Å². The molecule has 0 aromatic heterocycles. The highest BCUT2D eigenvalue weighted by atomic mass is 16.1. The molecule has 13 heavy (non-hydrogen) atoms. The molecule has 0 amide bonds. The van der Waals surface area contributed by atoms with Crippen LogP contribution in [0.2, 0.25) is 0 Å². The van der Waals surface area contributed by atoms with E-state index in [4.69, 9.17) is 0 Å². The summed E-state index contributed by atoms with van der Waals surface area (Å²) < 4.78 is 0. The monoisotopic (exact) mass is 182 g/mol. The molecular weight excluding hydrogens is 168 g/mol. The fourth-order valence-corrected chi connectivity index (χ4v) is 1.54. The Bertz CT molecular complexity index is 247. The average Bonchev–Trinajstić information content (AvgIpc) is 2.84. The second kappa shape index (κ2) is 2.90. The number of aldehydes is 1. The van der Waals surface area contributed by atoms with Crippen LogP contribution in [0.25, 0.3) is 0 Å². The standard InChI is InChI=1S/C8H14N4O/c1-11(2)8-10-9-7(5-13)12(8)6-3-4-6/h5-7,9H,3-4H2,1-2H3. The molecule has 1 fully saturated rings. The Morgan fingerprint density at radius 2 is 2.31 bits per heavy atom. The van der Waals surface area contributed by atoms with Crippen molar-refractivity contribution >= 4 is 12.2 Å². The van der Waals surface area contributed by atoms with Gasteiger partial charge in [0, 0.05) is 20.1 Å². The Morgan fingerprint density at radius 1 is 1.62 bits per heavy atom. The highest BCUT2D eigenvalue weighted by Gasteiger charge is 2.39. The van der Waals surface area contributed by atoms with Crippen LogP contribution >= 0.6 is 0 Å². The van der Waals surface area contributed by atoms with E-state index in [1.165, 1.54) is 12.8 Å². The Morgan fingerprint density at radius 3 is 2.77 bits per heavy atom. The molecule has 0 aromatic carbocycles. The number of carbonyl (C=O) groups is 1. The predicted octanol–water partition coefficient (Wildman–Crippen LogP) is -0.588. The predicted molar refractivity (Wildman–Crippen MR) is 49.0 cm³/mol. The highest BCUT2D eigenvalue weighted by molar-refractivity contribution is 5.85. The van der Waals surface area contributed by atoms with Crippen molar-refractivity contribution in [3.63, 3.8) is 0 Å². The van der Waals surface area contributed by atoms with Gasteiger partial charge in [-0.1, -0.05) is 0 Å². The van der Waals surface area contributed by atoms with Crippen molar-refractivity contribution in [2.24, 2.45) is 5.10 Å².